The van der Waals surface area contributed by atoms with E-state index in [0.29, 0.717) is 19.6 Å². The van der Waals surface area contributed by atoms with Crippen LogP contribution in [0.25, 0.3) is 0 Å². The number of hydrogen-bond acceptors (Lipinski definition) is 4. The van der Waals surface area contributed by atoms with Crippen LogP contribution in [0, 0.1) is 0 Å². The molecule has 0 aromatic heterocycles. The van der Waals surface area contributed by atoms with Crippen molar-refractivity contribution in [2.45, 2.75) is 32.6 Å². The van der Waals surface area contributed by atoms with Gasteiger partial charge in [0.05, 0.1) is 13.2 Å². The van der Waals surface area contributed by atoms with Gasteiger partial charge < -0.3 is 20.4 Å². The van der Waals surface area contributed by atoms with Crippen molar-refractivity contribution in [1.82, 2.24) is 0 Å². The molecule has 1 aromatic rings. The Morgan fingerprint density at radius 1 is 1.16 bits per heavy atom. The van der Waals surface area contributed by atoms with Crippen LogP contribution in [0.15, 0.2) is 29.4 Å². The largest absolute Gasteiger partial charge is 0.490 e. The van der Waals surface area contributed by atoms with Gasteiger partial charge in [-0.2, -0.15) is 0 Å². The second kappa shape index (κ2) is 9.08. The molecule has 5 heteroatoms. The lowest BCUT2D eigenvalue weighted by atomic mass is 10.2. The average molecular weight is 266 g/mol. The minimum absolute atomic E-state index is 0.256. The first-order valence-electron chi connectivity index (χ1n) is 6.59. The molecule has 19 heavy (non-hydrogen) atoms. The van der Waals surface area contributed by atoms with Gasteiger partial charge in [-0.15, -0.1) is 0 Å². The molecule has 0 aliphatic rings. The summed E-state index contributed by atoms with van der Waals surface area (Å²) in [7, 11) is 0. The van der Waals surface area contributed by atoms with Crippen molar-refractivity contribution >= 4 is 5.84 Å². The summed E-state index contributed by atoms with van der Waals surface area (Å²) < 4.78 is 11.3. The van der Waals surface area contributed by atoms with Gasteiger partial charge in [0.1, 0.15) is 5.84 Å². The van der Waals surface area contributed by atoms with Gasteiger partial charge in [0, 0.05) is 6.42 Å². The summed E-state index contributed by atoms with van der Waals surface area (Å²) >= 11 is 0. The molecule has 0 unspecified atom stereocenters. The Morgan fingerprint density at radius 2 is 1.79 bits per heavy atom. The summed E-state index contributed by atoms with van der Waals surface area (Å²) in [6, 6.07) is 7.65. The number of ether oxygens (including phenoxy) is 2. The summed E-state index contributed by atoms with van der Waals surface area (Å²) in [5.74, 6) is 1.80. The zero-order valence-corrected chi connectivity index (χ0v) is 11.3. The molecule has 5 nitrogen and oxygen atoms in total. The Bertz CT molecular complexity index is 394. The van der Waals surface area contributed by atoms with E-state index >= 15 is 0 Å². The first kappa shape index (κ1) is 15.1. The SMILES string of the molecule is CCCOc1ccccc1OCCCCC(N)=NO. The number of nitrogens with zero attached hydrogens (tertiary/aromatic N) is 1. The molecule has 0 heterocycles. The van der Waals surface area contributed by atoms with E-state index in [1.165, 1.54) is 0 Å². The molecule has 0 fully saturated rings. The van der Waals surface area contributed by atoms with E-state index in [1.54, 1.807) is 0 Å². The van der Waals surface area contributed by atoms with Crippen molar-refractivity contribution in [2.75, 3.05) is 13.2 Å². The fourth-order valence-corrected chi connectivity index (χ4v) is 1.54. The van der Waals surface area contributed by atoms with Gasteiger partial charge in [0.25, 0.3) is 0 Å². The zero-order valence-electron chi connectivity index (χ0n) is 11.3. The normalized spacial score (nSPS) is 11.3. The molecule has 0 amide bonds. The highest BCUT2D eigenvalue weighted by molar-refractivity contribution is 5.79. The fourth-order valence-electron chi connectivity index (χ4n) is 1.54. The molecule has 0 bridgehead atoms. The molecule has 0 saturated heterocycles. The molecule has 106 valence electrons. The van der Waals surface area contributed by atoms with E-state index < -0.39 is 0 Å². The maximum atomic E-state index is 8.40. The molecule has 0 radical (unpaired) electrons. The standard InChI is InChI=1S/C14H22N2O3/c1-2-10-18-12-7-3-4-8-13(12)19-11-6-5-9-14(15)16-17/h3-4,7-8,17H,2,5-6,9-11H2,1H3,(H2,15,16). The quantitative estimate of drug-likeness (QED) is 0.237. The van der Waals surface area contributed by atoms with Crippen molar-refractivity contribution in [3.05, 3.63) is 24.3 Å². The molecule has 1 rings (SSSR count). The lowest BCUT2D eigenvalue weighted by Crippen LogP contribution is -2.11. The van der Waals surface area contributed by atoms with Gasteiger partial charge in [0.2, 0.25) is 0 Å². The van der Waals surface area contributed by atoms with Gasteiger partial charge in [-0.3, -0.25) is 0 Å². The minimum atomic E-state index is 0.256. The highest BCUT2D eigenvalue weighted by atomic mass is 16.5. The Labute approximate surface area is 114 Å². The minimum Gasteiger partial charge on any atom is -0.490 e. The van der Waals surface area contributed by atoms with Crippen molar-refractivity contribution < 1.29 is 14.7 Å². The van der Waals surface area contributed by atoms with Crippen LogP contribution >= 0.6 is 0 Å². The molecule has 0 aliphatic carbocycles. The number of oxime groups is 1. The third-order valence-electron chi connectivity index (χ3n) is 2.52. The summed E-state index contributed by atoms with van der Waals surface area (Å²) in [6.07, 6.45) is 3.22. The first-order valence-corrected chi connectivity index (χ1v) is 6.59. The monoisotopic (exact) mass is 266 g/mol. The number of amidine groups is 1. The maximum absolute atomic E-state index is 8.40. The predicted octanol–water partition coefficient (Wildman–Crippen LogP) is 2.77. The highest BCUT2D eigenvalue weighted by Gasteiger charge is 2.03. The molecule has 3 N–H and O–H groups in total. The van der Waals surface area contributed by atoms with Crippen molar-refractivity contribution in [3.8, 4) is 11.5 Å². The lowest BCUT2D eigenvalue weighted by Gasteiger charge is -2.11. The van der Waals surface area contributed by atoms with Crippen LogP contribution in [0.4, 0.5) is 0 Å². The van der Waals surface area contributed by atoms with Gasteiger partial charge in [-0.25, -0.2) is 0 Å². The first-order chi connectivity index (χ1) is 9.27. The van der Waals surface area contributed by atoms with Gasteiger partial charge in [0.15, 0.2) is 11.5 Å². The number of hydrogen-bond donors (Lipinski definition) is 2. The van der Waals surface area contributed by atoms with Crippen LogP contribution in [-0.4, -0.2) is 24.3 Å². The van der Waals surface area contributed by atoms with E-state index in [1.807, 2.05) is 24.3 Å². The van der Waals surface area contributed by atoms with E-state index in [2.05, 4.69) is 12.1 Å². The average Bonchev–Trinajstić information content (AvgIpc) is 2.45. The molecular formula is C14H22N2O3. The van der Waals surface area contributed by atoms with Crippen LogP contribution in [-0.2, 0) is 0 Å². The van der Waals surface area contributed by atoms with Gasteiger partial charge in [-0.1, -0.05) is 24.2 Å². The highest BCUT2D eigenvalue weighted by Crippen LogP contribution is 2.26. The third kappa shape index (κ3) is 5.99. The van der Waals surface area contributed by atoms with E-state index in [0.717, 1.165) is 30.8 Å². The molecule has 0 atom stereocenters. The smallest absolute Gasteiger partial charge is 0.161 e. The maximum Gasteiger partial charge on any atom is 0.161 e. The second-order valence-electron chi connectivity index (χ2n) is 4.19. The third-order valence-corrected chi connectivity index (χ3v) is 2.52. The number of rotatable bonds is 9. The van der Waals surface area contributed by atoms with E-state index in [4.69, 9.17) is 20.4 Å². The van der Waals surface area contributed by atoms with Crippen LogP contribution in [0.2, 0.25) is 0 Å². The van der Waals surface area contributed by atoms with Crippen LogP contribution < -0.4 is 15.2 Å². The van der Waals surface area contributed by atoms with Gasteiger partial charge >= 0.3 is 0 Å². The Morgan fingerprint density at radius 3 is 2.37 bits per heavy atom. The van der Waals surface area contributed by atoms with Crippen LogP contribution in [0.5, 0.6) is 11.5 Å². The van der Waals surface area contributed by atoms with Crippen molar-refractivity contribution in [1.29, 1.82) is 0 Å². The fraction of sp³-hybridized carbons (Fsp3) is 0.500. The molecule has 0 saturated carbocycles. The molecule has 1 aromatic carbocycles. The molecular weight excluding hydrogens is 244 g/mol. The lowest BCUT2D eigenvalue weighted by molar-refractivity contribution is 0.264. The summed E-state index contributed by atoms with van der Waals surface area (Å²) in [4.78, 5) is 0. The predicted molar refractivity (Wildman–Crippen MR) is 75.0 cm³/mol. The van der Waals surface area contributed by atoms with Gasteiger partial charge in [-0.05, 0) is 31.4 Å². The number of nitrogens with two attached hydrogens (primary N) is 1. The Balaban J connectivity index is 2.32. The Kier molecular flexibility index (Phi) is 7.24. The molecule has 0 aliphatic heterocycles. The Hall–Kier alpha value is -1.91. The molecule has 0 spiro atoms. The van der Waals surface area contributed by atoms with Crippen LogP contribution in [0.1, 0.15) is 32.6 Å². The number of unbranched alkanes of at least 4 members (excludes halogenated alkanes) is 1. The summed E-state index contributed by atoms with van der Waals surface area (Å²) in [5, 5.41) is 11.3. The summed E-state index contributed by atoms with van der Waals surface area (Å²) in [5.41, 5.74) is 5.38. The van der Waals surface area contributed by atoms with Crippen molar-refractivity contribution in [2.24, 2.45) is 10.9 Å². The van der Waals surface area contributed by atoms with E-state index in [9.17, 15) is 0 Å². The van der Waals surface area contributed by atoms with Crippen molar-refractivity contribution in [3.63, 3.8) is 0 Å². The van der Waals surface area contributed by atoms with E-state index in [-0.39, 0.29) is 5.84 Å². The zero-order chi connectivity index (χ0) is 13.9. The summed E-state index contributed by atoms with van der Waals surface area (Å²) in [6.45, 7) is 3.34. The van der Waals surface area contributed by atoms with Crippen LogP contribution in [0.3, 0.4) is 0 Å². The number of benzene rings is 1. The topological polar surface area (TPSA) is 77.1 Å². The number of para-hydroxylation sites is 2. The second-order valence-corrected chi connectivity index (χ2v) is 4.19.